The molecule has 7 nitrogen and oxygen atoms in total. The van der Waals surface area contributed by atoms with Crippen molar-refractivity contribution in [2.24, 2.45) is 5.73 Å². The van der Waals surface area contributed by atoms with Crippen LogP contribution in [0, 0.1) is 0 Å². The summed E-state index contributed by atoms with van der Waals surface area (Å²) < 4.78 is 5.38. The van der Waals surface area contributed by atoms with Gasteiger partial charge in [-0.25, -0.2) is 9.78 Å². The molecule has 0 radical (unpaired) electrons. The number of urea groups is 1. The molecular weight excluding hydrogens is 308 g/mol. The zero-order valence-corrected chi connectivity index (χ0v) is 13.4. The molecule has 2 rings (SSSR count). The third-order valence-electron chi connectivity index (χ3n) is 3.23. The van der Waals surface area contributed by atoms with Crippen molar-refractivity contribution in [2.75, 3.05) is 11.9 Å². The second-order valence-corrected chi connectivity index (χ2v) is 5.01. The van der Waals surface area contributed by atoms with E-state index >= 15 is 0 Å². The molecule has 7 heteroatoms. The van der Waals surface area contributed by atoms with E-state index < -0.39 is 12.1 Å². The minimum Gasteiger partial charge on any atom is -0.476 e. The van der Waals surface area contributed by atoms with Crippen LogP contribution in [0.15, 0.2) is 48.7 Å². The molecule has 0 unspecified atom stereocenters. The summed E-state index contributed by atoms with van der Waals surface area (Å²) in [5, 5.41) is 5.33. The van der Waals surface area contributed by atoms with Gasteiger partial charge in [-0.05, 0) is 24.6 Å². The van der Waals surface area contributed by atoms with Crippen LogP contribution in [0.3, 0.4) is 0 Å². The molecule has 0 saturated heterocycles. The molecule has 1 heterocycles. The van der Waals surface area contributed by atoms with Crippen molar-refractivity contribution in [1.29, 1.82) is 0 Å². The zero-order chi connectivity index (χ0) is 17.4. The minimum atomic E-state index is -0.687. The van der Waals surface area contributed by atoms with Crippen molar-refractivity contribution in [3.63, 3.8) is 0 Å². The van der Waals surface area contributed by atoms with Gasteiger partial charge in [0.2, 0.25) is 11.8 Å². The predicted octanol–water partition coefficient (Wildman–Crippen LogP) is 2.22. The normalized spacial score (nSPS) is 11.4. The van der Waals surface area contributed by atoms with Crippen LogP contribution in [0.1, 0.15) is 24.9 Å². The number of carbonyl (C=O) groups excluding carboxylic acids is 2. The van der Waals surface area contributed by atoms with E-state index in [1.165, 1.54) is 0 Å². The van der Waals surface area contributed by atoms with Gasteiger partial charge in [0, 0.05) is 6.20 Å². The molecule has 0 aliphatic heterocycles. The van der Waals surface area contributed by atoms with Crippen molar-refractivity contribution >= 4 is 17.6 Å². The number of nitrogens with one attached hydrogen (secondary N) is 2. The number of primary amides is 1. The Morgan fingerprint density at radius 2 is 1.96 bits per heavy atom. The molecule has 0 saturated carbocycles. The van der Waals surface area contributed by atoms with Gasteiger partial charge in [-0.3, -0.25) is 4.79 Å². The van der Waals surface area contributed by atoms with Crippen LogP contribution in [0.25, 0.3) is 0 Å². The Kier molecular flexibility index (Phi) is 6.13. The summed E-state index contributed by atoms with van der Waals surface area (Å²) in [6, 6.07) is 11.4. The average Bonchev–Trinajstić information content (AvgIpc) is 2.57. The standard InChI is InChI=1S/C17H20N4O3/c1-2-24-16-13(9-6-10-19-16)20-15(22)11-14(21-17(18)23)12-7-4-3-5-8-12/h3-10,14H,2,11H2,1H3,(H,20,22)(H3,18,21,23)/t14-/m1/s1. The molecule has 0 fully saturated rings. The lowest BCUT2D eigenvalue weighted by Crippen LogP contribution is -2.35. The van der Waals surface area contributed by atoms with Crippen LogP contribution in [0.2, 0.25) is 0 Å². The highest BCUT2D eigenvalue weighted by molar-refractivity contribution is 5.92. The molecule has 1 aromatic carbocycles. The molecule has 4 N–H and O–H groups in total. The minimum absolute atomic E-state index is 0.0351. The number of hydrogen-bond donors (Lipinski definition) is 3. The van der Waals surface area contributed by atoms with E-state index in [-0.39, 0.29) is 12.3 Å². The quantitative estimate of drug-likeness (QED) is 0.724. The molecule has 3 amide bonds. The van der Waals surface area contributed by atoms with Crippen LogP contribution in [-0.4, -0.2) is 23.5 Å². The van der Waals surface area contributed by atoms with E-state index in [4.69, 9.17) is 10.5 Å². The molecule has 2 aromatic rings. The van der Waals surface area contributed by atoms with Crippen molar-refractivity contribution in [3.05, 3.63) is 54.2 Å². The number of rotatable bonds is 7. The molecule has 126 valence electrons. The lowest BCUT2D eigenvalue weighted by Gasteiger charge is -2.18. The van der Waals surface area contributed by atoms with Gasteiger partial charge in [0.1, 0.15) is 5.69 Å². The predicted molar refractivity (Wildman–Crippen MR) is 90.6 cm³/mol. The molecule has 1 aromatic heterocycles. The van der Waals surface area contributed by atoms with E-state index in [2.05, 4.69) is 15.6 Å². The SMILES string of the molecule is CCOc1ncccc1NC(=O)C[C@@H](NC(N)=O)c1ccccc1. The van der Waals surface area contributed by atoms with Crippen molar-refractivity contribution in [3.8, 4) is 5.88 Å². The number of aromatic nitrogens is 1. The Bertz CT molecular complexity index is 691. The number of anilines is 1. The Morgan fingerprint density at radius 3 is 2.62 bits per heavy atom. The molecule has 0 bridgehead atoms. The monoisotopic (exact) mass is 328 g/mol. The third-order valence-corrected chi connectivity index (χ3v) is 3.23. The van der Waals surface area contributed by atoms with E-state index in [1.807, 2.05) is 37.3 Å². The summed E-state index contributed by atoms with van der Waals surface area (Å²) in [5.74, 6) is 0.0685. The van der Waals surface area contributed by atoms with E-state index in [9.17, 15) is 9.59 Å². The van der Waals surface area contributed by atoms with Gasteiger partial charge >= 0.3 is 6.03 Å². The van der Waals surface area contributed by atoms with Crippen LogP contribution >= 0.6 is 0 Å². The number of benzene rings is 1. The van der Waals surface area contributed by atoms with Gasteiger partial charge in [0.25, 0.3) is 0 Å². The fourth-order valence-electron chi connectivity index (χ4n) is 2.23. The van der Waals surface area contributed by atoms with Crippen LogP contribution in [-0.2, 0) is 4.79 Å². The first-order valence-electron chi connectivity index (χ1n) is 7.58. The molecular formula is C17H20N4O3. The van der Waals surface area contributed by atoms with E-state index in [0.717, 1.165) is 5.56 Å². The largest absolute Gasteiger partial charge is 0.476 e. The maximum atomic E-state index is 12.3. The summed E-state index contributed by atoms with van der Waals surface area (Å²) in [6.45, 7) is 2.28. The van der Waals surface area contributed by atoms with Crippen LogP contribution in [0.4, 0.5) is 10.5 Å². The van der Waals surface area contributed by atoms with Crippen molar-refractivity contribution in [2.45, 2.75) is 19.4 Å². The highest BCUT2D eigenvalue weighted by Gasteiger charge is 2.18. The maximum absolute atomic E-state index is 12.3. The lowest BCUT2D eigenvalue weighted by atomic mass is 10.0. The summed E-state index contributed by atoms with van der Waals surface area (Å²) >= 11 is 0. The first-order valence-corrected chi connectivity index (χ1v) is 7.58. The molecule has 1 atom stereocenters. The number of nitrogens with zero attached hydrogens (tertiary/aromatic N) is 1. The molecule has 0 spiro atoms. The topological polar surface area (TPSA) is 106 Å². The first kappa shape index (κ1) is 17.3. The second kappa shape index (κ2) is 8.52. The molecule has 24 heavy (non-hydrogen) atoms. The number of amides is 3. The fourth-order valence-corrected chi connectivity index (χ4v) is 2.23. The number of nitrogens with two attached hydrogens (primary N) is 1. The van der Waals surface area contributed by atoms with Crippen molar-refractivity contribution in [1.82, 2.24) is 10.3 Å². The summed E-state index contributed by atoms with van der Waals surface area (Å²) in [4.78, 5) is 27.6. The Balaban J connectivity index is 2.09. The summed E-state index contributed by atoms with van der Waals surface area (Å²) in [7, 11) is 0. The summed E-state index contributed by atoms with van der Waals surface area (Å²) in [5.41, 5.74) is 6.49. The number of pyridine rings is 1. The first-order chi connectivity index (χ1) is 11.6. The highest BCUT2D eigenvalue weighted by atomic mass is 16.5. The fraction of sp³-hybridized carbons (Fsp3) is 0.235. The Labute approximate surface area is 140 Å². The smallest absolute Gasteiger partial charge is 0.312 e. The molecule has 0 aliphatic rings. The van der Waals surface area contributed by atoms with Gasteiger partial charge in [-0.15, -0.1) is 0 Å². The number of hydrogen-bond acceptors (Lipinski definition) is 4. The lowest BCUT2D eigenvalue weighted by molar-refractivity contribution is -0.116. The Hall–Kier alpha value is -3.09. The Morgan fingerprint density at radius 1 is 1.21 bits per heavy atom. The zero-order valence-electron chi connectivity index (χ0n) is 13.4. The van der Waals surface area contributed by atoms with Gasteiger partial charge in [-0.1, -0.05) is 30.3 Å². The maximum Gasteiger partial charge on any atom is 0.312 e. The van der Waals surface area contributed by atoms with Crippen molar-refractivity contribution < 1.29 is 14.3 Å². The van der Waals surface area contributed by atoms with E-state index in [0.29, 0.717) is 18.2 Å². The number of carbonyl (C=O) groups is 2. The average molecular weight is 328 g/mol. The van der Waals surface area contributed by atoms with Crippen LogP contribution < -0.4 is 21.1 Å². The van der Waals surface area contributed by atoms with Gasteiger partial charge in [0.15, 0.2) is 0 Å². The number of ether oxygens (including phenoxy) is 1. The van der Waals surface area contributed by atoms with Gasteiger partial charge in [-0.2, -0.15) is 0 Å². The van der Waals surface area contributed by atoms with E-state index in [1.54, 1.807) is 18.3 Å². The summed E-state index contributed by atoms with van der Waals surface area (Å²) in [6.07, 6.45) is 1.62. The van der Waals surface area contributed by atoms with Crippen LogP contribution in [0.5, 0.6) is 5.88 Å². The second-order valence-electron chi connectivity index (χ2n) is 5.01. The van der Waals surface area contributed by atoms with Gasteiger partial charge < -0.3 is 21.1 Å². The third kappa shape index (κ3) is 4.98. The molecule has 0 aliphatic carbocycles. The van der Waals surface area contributed by atoms with Gasteiger partial charge in [0.05, 0.1) is 19.1 Å². The highest BCUT2D eigenvalue weighted by Crippen LogP contribution is 2.22.